The molecule has 3 N–H and O–H groups in total. The number of nitrogens with one attached hydrogen (secondary N) is 2. The molecular weight excluding hydrogens is 416 g/mol. The van der Waals surface area contributed by atoms with Crippen molar-refractivity contribution in [2.45, 2.75) is 31.8 Å². The van der Waals surface area contributed by atoms with Crippen LogP contribution in [0.3, 0.4) is 0 Å². The van der Waals surface area contributed by atoms with Gasteiger partial charge in [-0.25, -0.2) is 4.99 Å². The quantitative estimate of drug-likeness (QED) is 0.677. The zero-order chi connectivity index (χ0) is 22.0. The summed E-state index contributed by atoms with van der Waals surface area (Å²) in [6.07, 6.45) is 0.313. The summed E-state index contributed by atoms with van der Waals surface area (Å²) >= 11 is 6.21. The molecule has 0 aromatic heterocycles. The first kappa shape index (κ1) is 21.6. The molecule has 4 rings (SSSR count). The van der Waals surface area contributed by atoms with Gasteiger partial charge in [-0.2, -0.15) is 0 Å². The smallest absolute Gasteiger partial charge is 0.222 e. The number of piperazine rings is 1. The molecule has 7 nitrogen and oxygen atoms in total. The van der Waals surface area contributed by atoms with E-state index >= 15 is 0 Å². The molecule has 1 atom stereocenters. The van der Waals surface area contributed by atoms with Crippen LogP contribution in [0.15, 0.2) is 47.5 Å². The largest absolute Gasteiger partial charge is 0.454 e. The highest BCUT2D eigenvalue weighted by Gasteiger charge is 2.29. The Morgan fingerprint density at radius 2 is 2.13 bits per heavy atom. The van der Waals surface area contributed by atoms with Crippen LogP contribution in [0, 0.1) is 0 Å². The normalized spacial score (nSPS) is 18.3. The molecule has 2 aromatic rings. The van der Waals surface area contributed by atoms with Gasteiger partial charge in [0.2, 0.25) is 5.91 Å². The molecule has 2 aromatic carbocycles. The van der Waals surface area contributed by atoms with Crippen molar-refractivity contribution >= 4 is 29.0 Å². The number of carbonyl (C=O) groups excluding carboxylic acids is 1. The van der Waals surface area contributed by atoms with Crippen LogP contribution < -0.4 is 15.4 Å². The van der Waals surface area contributed by atoms with E-state index in [2.05, 4.69) is 15.5 Å². The van der Waals surface area contributed by atoms with Crippen molar-refractivity contribution in [3.05, 3.63) is 53.1 Å². The minimum Gasteiger partial charge on any atom is -0.454 e. The second-order valence-corrected chi connectivity index (χ2v) is 8.97. The van der Waals surface area contributed by atoms with Crippen LogP contribution in [-0.4, -0.2) is 59.6 Å². The van der Waals surface area contributed by atoms with Gasteiger partial charge in [-0.05, 0) is 44.2 Å². The number of fused-ring (bicyclic) bond motifs is 2. The Labute approximate surface area is 187 Å². The van der Waals surface area contributed by atoms with Crippen LogP contribution in [0.25, 0.3) is 0 Å². The molecule has 0 aliphatic carbocycles. The third-order valence-corrected chi connectivity index (χ3v) is 5.59. The summed E-state index contributed by atoms with van der Waals surface area (Å²) in [7, 11) is 0. The summed E-state index contributed by atoms with van der Waals surface area (Å²) in [5, 5.41) is 16.3. The lowest BCUT2D eigenvalue weighted by Gasteiger charge is -2.36. The molecule has 2 aliphatic heterocycles. The average molecular weight is 443 g/mol. The van der Waals surface area contributed by atoms with E-state index < -0.39 is 5.54 Å². The topological polar surface area (TPSA) is 86.2 Å². The first-order chi connectivity index (χ1) is 14.8. The minimum absolute atomic E-state index is 0.0406. The second-order valence-electron chi connectivity index (χ2n) is 8.54. The highest BCUT2D eigenvalue weighted by atomic mass is 35.5. The molecule has 1 unspecified atom stereocenters. The van der Waals surface area contributed by atoms with E-state index in [1.165, 1.54) is 0 Å². The van der Waals surface area contributed by atoms with E-state index in [0.717, 1.165) is 30.2 Å². The van der Waals surface area contributed by atoms with Crippen LogP contribution in [0.1, 0.15) is 25.8 Å². The van der Waals surface area contributed by atoms with E-state index in [0.29, 0.717) is 29.4 Å². The summed E-state index contributed by atoms with van der Waals surface area (Å²) in [5.41, 5.74) is 0.938. The monoisotopic (exact) mass is 442 g/mol. The summed E-state index contributed by atoms with van der Waals surface area (Å²) in [6, 6.07) is 13.2. The van der Waals surface area contributed by atoms with Gasteiger partial charge in [-0.15, -0.1) is 0 Å². The molecule has 2 aliphatic rings. The van der Waals surface area contributed by atoms with Crippen LogP contribution in [-0.2, 0) is 4.79 Å². The fraction of sp³-hybridized carbons (Fsp3) is 0.391. The zero-order valence-corrected chi connectivity index (χ0v) is 18.4. The number of nitrogens with zero attached hydrogens (tertiary/aromatic N) is 2. The van der Waals surface area contributed by atoms with Gasteiger partial charge in [0.1, 0.15) is 17.3 Å². The van der Waals surface area contributed by atoms with E-state index in [9.17, 15) is 9.90 Å². The number of hydrogen-bond donors (Lipinski definition) is 3. The second kappa shape index (κ2) is 8.86. The van der Waals surface area contributed by atoms with Crippen molar-refractivity contribution in [2.75, 3.05) is 26.2 Å². The predicted molar refractivity (Wildman–Crippen MR) is 121 cm³/mol. The summed E-state index contributed by atoms with van der Waals surface area (Å²) < 4.78 is 6.13. The molecule has 0 saturated carbocycles. The number of aliphatic imine (C=N–C) groups is 1. The molecular formula is C23H27ClN4O3. The van der Waals surface area contributed by atoms with Crippen LogP contribution in [0.4, 0.5) is 5.69 Å². The van der Waals surface area contributed by atoms with Gasteiger partial charge in [-0.3, -0.25) is 4.79 Å². The molecule has 2 heterocycles. The number of aliphatic hydroxyl groups is 1. The molecule has 31 heavy (non-hydrogen) atoms. The number of amides is 1. The molecule has 0 bridgehead atoms. The van der Waals surface area contributed by atoms with Crippen molar-refractivity contribution in [3.63, 3.8) is 0 Å². The number of amidine groups is 1. The number of rotatable bonds is 4. The number of para-hydroxylation sites is 1. The Kier molecular flexibility index (Phi) is 6.18. The number of benzene rings is 2. The maximum atomic E-state index is 12.5. The molecule has 1 saturated heterocycles. The van der Waals surface area contributed by atoms with Gasteiger partial charge in [0, 0.05) is 37.1 Å². The van der Waals surface area contributed by atoms with Gasteiger partial charge in [0.05, 0.1) is 17.7 Å². The van der Waals surface area contributed by atoms with Crippen LogP contribution in [0.2, 0.25) is 5.02 Å². The number of ether oxygens (including phenoxy) is 1. The number of aliphatic hydroxyl groups excluding tert-OH is 1. The number of hydrogen-bond acceptors (Lipinski definition) is 6. The lowest BCUT2D eigenvalue weighted by molar-refractivity contribution is -0.123. The van der Waals surface area contributed by atoms with Gasteiger partial charge in [0.15, 0.2) is 5.75 Å². The Morgan fingerprint density at radius 1 is 1.32 bits per heavy atom. The lowest BCUT2D eigenvalue weighted by atomic mass is 10.0. The SMILES string of the molecule is CC(C)(CO)NC(=O)CC1CN(C2=Nc3cc(Cl)ccc3Oc3ccccc32)CCN1. The molecule has 0 spiro atoms. The lowest BCUT2D eigenvalue weighted by Crippen LogP contribution is -2.55. The molecule has 1 fully saturated rings. The van der Waals surface area contributed by atoms with E-state index in [-0.39, 0.29) is 18.6 Å². The van der Waals surface area contributed by atoms with Crippen molar-refractivity contribution in [2.24, 2.45) is 4.99 Å². The van der Waals surface area contributed by atoms with Crippen molar-refractivity contribution in [3.8, 4) is 11.5 Å². The number of halogens is 1. The predicted octanol–water partition coefficient (Wildman–Crippen LogP) is 3.08. The maximum absolute atomic E-state index is 12.5. The first-order valence-corrected chi connectivity index (χ1v) is 10.8. The fourth-order valence-electron chi connectivity index (χ4n) is 3.78. The minimum atomic E-state index is -0.643. The maximum Gasteiger partial charge on any atom is 0.222 e. The van der Waals surface area contributed by atoms with Gasteiger partial charge in [-0.1, -0.05) is 23.7 Å². The van der Waals surface area contributed by atoms with Gasteiger partial charge >= 0.3 is 0 Å². The highest BCUT2D eigenvalue weighted by molar-refractivity contribution is 6.31. The zero-order valence-electron chi connectivity index (χ0n) is 17.7. The summed E-state index contributed by atoms with van der Waals surface area (Å²) in [4.78, 5) is 19.6. The van der Waals surface area contributed by atoms with E-state index in [1.807, 2.05) is 30.3 Å². The van der Waals surface area contributed by atoms with Crippen molar-refractivity contribution < 1.29 is 14.6 Å². The van der Waals surface area contributed by atoms with Gasteiger partial charge < -0.3 is 25.4 Å². The summed E-state index contributed by atoms with van der Waals surface area (Å²) in [5.74, 6) is 2.10. The van der Waals surface area contributed by atoms with Crippen LogP contribution in [0.5, 0.6) is 11.5 Å². The summed E-state index contributed by atoms with van der Waals surface area (Å²) in [6.45, 7) is 5.58. The Hall–Kier alpha value is -2.61. The van der Waals surface area contributed by atoms with Crippen LogP contribution >= 0.6 is 11.6 Å². The Morgan fingerprint density at radius 3 is 2.94 bits per heavy atom. The number of carbonyl (C=O) groups is 1. The Bertz CT molecular complexity index is 1010. The standard InChI is InChI=1S/C23H27ClN4O3/c1-23(2,14-29)27-21(30)12-16-13-28(10-9-25-16)22-17-5-3-4-6-19(17)31-20-8-7-15(24)11-18(20)26-22/h3-8,11,16,25,29H,9-10,12-14H2,1-2H3,(H,27,30). The molecule has 0 radical (unpaired) electrons. The molecule has 8 heteroatoms. The van der Waals surface area contributed by atoms with E-state index in [4.69, 9.17) is 21.3 Å². The van der Waals surface area contributed by atoms with Crippen molar-refractivity contribution in [1.82, 2.24) is 15.5 Å². The van der Waals surface area contributed by atoms with Crippen molar-refractivity contribution in [1.29, 1.82) is 0 Å². The fourth-order valence-corrected chi connectivity index (χ4v) is 3.95. The highest BCUT2D eigenvalue weighted by Crippen LogP contribution is 2.39. The first-order valence-electron chi connectivity index (χ1n) is 10.4. The average Bonchev–Trinajstić information content (AvgIpc) is 2.90. The van der Waals surface area contributed by atoms with Gasteiger partial charge in [0.25, 0.3) is 0 Å². The molecule has 164 valence electrons. The third kappa shape index (κ3) is 5.01. The molecule has 1 amide bonds. The Balaban J connectivity index is 1.59. The van der Waals surface area contributed by atoms with E-state index in [1.54, 1.807) is 26.0 Å². The third-order valence-electron chi connectivity index (χ3n) is 5.36.